The highest BCUT2D eigenvalue weighted by Gasteiger charge is 2.08. The maximum Gasteiger partial charge on any atom is 0.120 e. The number of benzene rings is 2. The van der Waals surface area contributed by atoms with Crippen LogP contribution < -0.4 is 10.5 Å². The van der Waals surface area contributed by atoms with Gasteiger partial charge in [-0.05, 0) is 49.7 Å². The van der Waals surface area contributed by atoms with Gasteiger partial charge in [-0.1, -0.05) is 34.1 Å². The van der Waals surface area contributed by atoms with Crippen LogP contribution in [-0.2, 0) is 0 Å². The molecule has 21 heavy (non-hydrogen) atoms. The van der Waals surface area contributed by atoms with Gasteiger partial charge in [-0.2, -0.15) is 0 Å². The summed E-state index contributed by atoms with van der Waals surface area (Å²) >= 11 is 5.25. The average Bonchev–Trinajstić information content (AvgIpc) is 2.44. The number of hydrogen-bond acceptors (Lipinski definition) is 3. The van der Waals surface area contributed by atoms with E-state index in [1.54, 1.807) is 11.8 Å². The van der Waals surface area contributed by atoms with E-state index in [0.717, 1.165) is 21.5 Å². The highest BCUT2D eigenvalue weighted by atomic mass is 79.9. The van der Waals surface area contributed by atoms with Crippen molar-refractivity contribution in [2.45, 2.75) is 30.9 Å². The molecule has 2 aromatic carbocycles. The van der Waals surface area contributed by atoms with E-state index in [9.17, 15) is 0 Å². The first-order valence-electron chi connectivity index (χ1n) is 6.95. The van der Waals surface area contributed by atoms with Crippen LogP contribution in [0.25, 0.3) is 0 Å². The Bertz CT molecular complexity index is 589. The van der Waals surface area contributed by atoms with Gasteiger partial charge in [0.25, 0.3) is 0 Å². The molecule has 0 bridgehead atoms. The minimum atomic E-state index is -0.00954. The zero-order valence-electron chi connectivity index (χ0n) is 12.3. The Morgan fingerprint density at radius 1 is 1.14 bits per heavy atom. The van der Waals surface area contributed by atoms with Crippen molar-refractivity contribution in [1.82, 2.24) is 0 Å². The number of ether oxygens (including phenoxy) is 1. The molecule has 0 aliphatic rings. The van der Waals surface area contributed by atoms with Crippen molar-refractivity contribution in [3.63, 3.8) is 0 Å². The third-order valence-electron chi connectivity index (χ3n) is 2.88. The first-order valence-corrected chi connectivity index (χ1v) is 8.73. The highest BCUT2D eigenvalue weighted by Crippen LogP contribution is 2.27. The molecule has 0 fully saturated rings. The van der Waals surface area contributed by atoms with E-state index in [1.807, 2.05) is 44.2 Å². The molecular formula is C17H20BrNOS. The maximum absolute atomic E-state index is 6.29. The summed E-state index contributed by atoms with van der Waals surface area (Å²) in [5.41, 5.74) is 7.40. The summed E-state index contributed by atoms with van der Waals surface area (Å²) in [4.78, 5) is 1.22. The van der Waals surface area contributed by atoms with Crippen LogP contribution in [0.4, 0.5) is 0 Å². The minimum absolute atomic E-state index is 0.00954. The molecule has 0 amide bonds. The zero-order chi connectivity index (χ0) is 15.2. The van der Waals surface area contributed by atoms with Gasteiger partial charge in [0.2, 0.25) is 0 Å². The first kappa shape index (κ1) is 16.4. The summed E-state index contributed by atoms with van der Waals surface area (Å²) < 4.78 is 6.81. The molecule has 0 heterocycles. The Hall–Kier alpha value is -0.970. The molecule has 2 rings (SSSR count). The molecule has 2 N–H and O–H groups in total. The van der Waals surface area contributed by atoms with E-state index in [-0.39, 0.29) is 12.1 Å². The van der Waals surface area contributed by atoms with Crippen LogP contribution in [-0.4, -0.2) is 11.9 Å². The van der Waals surface area contributed by atoms with E-state index in [0.29, 0.717) is 0 Å². The summed E-state index contributed by atoms with van der Waals surface area (Å²) in [6, 6.07) is 16.3. The molecule has 1 atom stereocenters. The fourth-order valence-corrected chi connectivity index (χ4v) is 3.43. The van der Waals surface area contributed by atoms with Crippen LogP contribution in [0.15, 0.2) is 57.9 Å². The minimum Gasteiger partial charge on any atom is -0.491 e. The van der Waals surface area contributed by atoms with Gasteiger partial charge in [-0.25, -0.2) is 0 Å². The van der Waals surface area contributed by atoms with Gasteiger partial charge < -0.3 is 10.5 Å². The summed E-state index contributed by atoms with van der Waals surface area (Å²) in [6.45, 7) is 4.05. The average molecular weight is 366 g/mol. The van der Waals surface area contributed by atoms with Gasteiger partial charge in [0, 0.05) is 21.2 Å². The lowest BCUT2D eigenvalue weighted by molar-refractivity contribution is 0.242. The van der Waals surface area contributed by atoms with Crippen molar-refractivity contribution in [2.24, 2.45) is 5.73 Å². The normalized spacial score (nSPS) is 12.4. The Labute approximate surface area is 139 Å². The van der Waals surface area contributed by atoms with E-state index >= 15 is 0 Å². The van der Waals surface area contributed by atoms with Crippen molar-refractivity contribution in [1.29, 1.82) is 0 Å². The zero-order valence-corrected chi connectivity index (χ0v) is 14.7. The summed E-state index contributed by atoms with van der Waals surface area (Å²) in [7, 11) is 0. The van der Waals surface area contributed by atoms with Gasteiger partial charge in [0.1, 0.15) is 5.75 Å². The largest absolute Gasteiger partial charge is 0.491 e. The Morgan fingerprint density at radius 2 is 1.90 bits per heavy atom. The van der Waals surface area contributed by atoms with Crippen molar-refractivity contribution < 1.29 is 4.74 Å². The maximum atomic E-state index is 6.29. The summed E-state index contributed by atoms with van der Waals surface area (Å²) in [5, 5.41) is 0. The molecule has 0 radical (unpaired) electrons. The molecule has 2 nitrogen and oxygen atoms in total. The third-order valence-corrected chi connectivity index (χ3v) is 4.49. The number of nitrogens with two attached hydrogens (primary N) is 1. The molecule has 112 valence electrons. The SMILES string of the molecule is CC(C)Oc1cccc(C(N)CSc2cccc(Br)c2)c1. The Balaban J connectivity index is 1.98. The van der Waals surface area contributed by atoms with Crippen LogP contribution in [0.3, 0.4) is 0 Å². The fraction of sp³-hybridized carbons (Fsp3) is 0.294. The van der Waals surface area contributed by atoms with Crippen LogP contribution in [0.5, 0.6) is 5.75 Å². The number of rotatable bonds is 6. The molecule has 0 spiro atoms. The molecule has 1 unspecified atom stereocenters. The molecule has 4 heteroatoms. The molecule has 0 aliphatic heterocycles. The van der Waals surface area contributed by atoms with E-state index in [2.05, 4.69) is 34.1 Å². The van der Waals surface area contributed by atoms with Crippen molar-refractivity contribution >= 4 is 27.7 Å². The molecule has 0 aromatic heterocycles. The lowest BCUT2D eigenvalue weighted by Crippen LogP contribution is -2.13. The van der Waals surface area contributed by atoms with Crippen LogP contribution >= 0.6 is 27.7 Å². The lowest BCUT2D eigenvalue weighted by atomic mass is 10.1. The quantitative estimate of drug-likeness (QED) is 0.729. The van der Waals surface area contributed by atoms with Crippen molar-refractivity contribution in [2.75, 3.05) is 5.75 Å². The Kier molecular flexibility index (Phi) is 6.15. The molecule has 0 aliphatic carbocycles. The van der Waals surface area contributed by atoms with Crippen LogP contribution in [0.2, 0.25) is 0 Å². The van der Waals surface area contributed by atoms with Gasteiger partial charge >= 0.3 is 0 Å². The van der Waals surface area contributed by atoms with Crippen LogP contribution in [0.1, 0.15) is 25.5 Å². The van der Waals surface area contributed by atoms with Gasteiger partial charge in [0.05, 0.1) is 6.10 Å². The number of halogens is 1. The monoisotopic (exact) mass is 365 g/mol. The smallest absolute Gasteiger partial charge is 0.120 e. The van der Waals surface area contributed by atoms with Crippen LogP contribution in [0, 0.1) is 0 Å². The fourth-order valence-electron chi connectivity index (χ4n) is 1.93. The van der Waals surface area contributed by atoms with Gasteiger partial charge in [-0.3, -0.25) is 0 Å². The third kappa shape index (κ3) is 5.38. The second-order valence-electron chi connectivity index (χ2n) is 5.11. The predicted octanol–water partition coefficient (Wildman–Crippen LogP) is 5.03. The van der Waals surface area contributed by atoms with E-state index in [1.165, 1.54) is 4.90 Å². The van der Waals surface area contributed by atoms with E-state index < -0.39 is 0 Å². The summed E-state index contributed by atoms with van der Waals surface area (Å²) in [5.74, 6) is 1.71. The highest BCUT2D eigenvalue weighted by molar-refractivity contribution is 9.10. The topological polar surface area (TPSA) is 35.2 Å². The standard InChI is InChI=1S/C17H20BrNOS/c1-12(2)20-15-7-3-5-13(9-15)17(19)11-21-16-8-4-6-14(18)10-16/h3-10,12,17H,11,19H2,1-2H3. The molecule has 2 aromatic rings. The molecule has 0 saturated heterocycles. The van der Waals surface area contributed by atoms with Crippen molar-refractivity contribution in [3.05, 3.63) is 58.6 Å². The molecule has 0 saturated carbocycles. The molecular weight excluding hydrogens is 346 g/mol. The van der Waals surface area contributed by atoms with Gasteiger partial charge in [0.15, 0.2) is 0 Å². The summed E-state index contributed by atoms with van der Waals surface area (Å²) in [6.07, 6.45) is 0.174. The second-order valence-corrected chi connectivity index (χ2v) is 7.12. The number of hydrogen-bond donors (Lipinski definition) is 1. The predicted molar refractivity (Wildman–Crippen MR) is 94.0 cm³/mol. The number of thioether (sulfide) groups is 1. The second kappa shape index (κ2) is 7.87. The Morgan fingerprint density at radius 3 is 2.62 bits per heavy atom. The van der Waals surface area contributed by atoms with Crippen molar-refractivity contribution in [3.8, 4) is 5.75 Å². The first-order chi connectivity index (χ1) is 10.0. The van der Waals surface area contributed by atoms with E-state index in [4.69, 9.17) is 10.5 Å². The van der Waals surface area contributed by atoms with Gasteiger partial charge in [-0.15, -0.1) is 11.8 Å². The lowest BCUT2D eigenvalue weighted by Gasteiger charge is -2.15.